The van der Waals surface area contributed by atoms with Gasteiger partial charge in [-0.2, -0.15) is 0 Å². The first-order valence-electron chi connectivity index (χ1n) is 28.2. The molecule has 2 atom stereocenters. The minimum atomic E-state index is -1.88. The van der Waals surface area contributed by atoms with Gasteiger partial charge in [0, 0.05) is 0 Å². The highest BCUT2D eigenvalue weighted by atomic mass is 16.7. The fraction of sp³-hybridized carbons (Fsp3) is 0.250. The highest BCUT2D eigenvalue weighted by molar-refractivity contribution is 5.50. The van der Waals surface area contributed by atoms with Crippen LogP contribution < -0.4 is 0 Å². The molecule has 0 spiro atoms. The van der Waals surface area contributed by atoms with Gasteiger partial charge in [-0.25, -0.2) is 0 Å². The van der Waals surface area contributed by atoms with Gasteiger partial charge in [0.1, 0.15) is 29.0 Å². The second-order valence-corrected chi connectivity index (χ2v) is 19.7. The standard InChI is InChI=1S/C72H74O10/c1-58(74)72(68(57-73)77-51-56-80-71(65-41-23-8-24-42-65,66-43-25-9-26-44-66)67-45-27-10-28-46-67,81-54-49-75-47-52-78-69(59-29-11-2-12-30-59,60-31-13-3-14-32-60)61-33-15-4-16-34-61)82-55-50-76-48-53-79-70(62-35-17-5-18-36-62,63-37-19-6-20-38-63)64-39-21-7-22-40-64/h2-46,58,68,73-74H,47-57H2,1H3. The molecule has 0 aliphatic heterocycles. The summed E-state index contributed by atoms with van der Waals surface area (Å²) >= 11 is 0. The molecule has 0 aliphatic rings. The van der Waals surface area contributed by atoms with Crippen LogP contribution in [0.1, 0.15) is 57.0 Å². The van der Waals surface area contributed by atoms with E-state index in [4.69, 9.17) is 37.9 Å². The fourth-order valence-electron chi connectivity index (χ4n) is 11.0. The quantitative estimate of drug-likeness (QED) is 0.0234. The largest absolute Gasteiger partial charge is 0.393 e. The predicted molar refractivity (Wildman–Crippen MR) is 320 cm³/mol. The van der Waals surface area contributed by atoms with E-state index < -0.39 is 41.4 Å². The van der Waals surface area contributed by atoms with E-state index >= 15 is 0 Å². The summed E-state index contributed by atoms with van der Waals surface area (Å²) in [6.45, 7) is 2.15. The maximum atomic E-state index is 11.8. The van der Waals surface area contributed by atoms with E-state index in [-0.39, 0.29) is 66.1 Å². The molecule has 422 valence electrons. The van der Waals surface area contributed by atoms with Crippen molar-refractivity contribution in [1.82, 2.24) is 0 Å². The third kappa shape index (κ3) is 13.7. The Balaban J connectivity index is 0.900. The van der Waals surface area contributed by atoms with E-state index in [1.165, 1.54) is 0 Å². The highest BCUT2D eigenvalue weighted by Crippen LogP contribution is 2.43. The third-order valence-corrected chi connectivity index (χ3v) is 14.7. The maximum Gasteiger partial charge on any atom is 0.223 e. The molecule has 0 aromatic heterocycles. The Morgan fingerprint density at radius 2 is 0.476 bits per heavy atom. The predicted octanol–water partition coefficient (Wildman–Crippen LogP) is 12.5. The molecule has 0 radical (unpaired) electrons. The lowest BCUT2D eigenvalue weighted by Crippen LogP contribution is -2.58. The van der Waals surface area contributed by atoms with E-state index in [9.17, 15) is 10.2 Å². The van der Waals surface area contributed by atoms with Crippen LogP contribution in [0.15, 0.2) is 273 Å². The molecule has 82 heavy (non-hydrogen) atoms. The normalized spacial score (nSPS) is 12.9. The van der Waals surface area contributed by atoms with Crippen molar-refractivity contribution in [1.29, 1.82) is 0 Å². The number of aliphatic hydroxyl groups excluding tert-OH is 2. The smallest absolute Gasteiger partial charge is 0.223 e. The summed E-state index contributed by atoms with van der Waals surface area (Å²) in [5.41, 5.74) is 5.86. The second kappa shape index (κ2) is 30.0. The van der Waals surface area contributed by atoms with Crippen LogP contribution in [-0.2, 0) is 54.7 Å². The first-order chi connectivity index (χ1) is 40.5. The fourth-order valence-corrected chi connectivity index (χ4v) is 11.0. The van der Waals surface area contributed by atoms with Crippen molar-refractivity contribution < 1.29 is 48.1 Å². The Kier molecular flexibility index (Phi) is 21.7. The van der Waals surface area contributed by atoms with Crippen LogP contribution in [0.2, 0.25) is 0 Å². The molecule has 0 amide bonds. The van der Waals surface area contributed by atoms with E-state index in [0.717, 1.165) is 50.1 Å². The number of hydrogen-bond acceptors (Lipinski definition) is 10. The van der Waals surface area contributed by atoms with E-state index in [1.807, 2.05) is 164 Å². The number of rotatable bonds is 33. The monoisotopic (exact) mass is 1100 g/mol. The molecule has 0 bridgehead atoms. The Morgan fingerprint density at radius 1 is 0.280 bits per heavy atom. The van der Waals surface area contributed by atoms with Gasteiger partial charge >= 0.3 is 0 Å². The van der Waals surface area contributed by atoms with Crippen LogP contribution >= 0.6 is 0 Å². The topological polar surface area (TPSA) is 114 Å². The van der Waals surface area contributed by atoms with Crippen molar-refractivity contribution >= 4 is 0 Å². The van der Waals surface area contributed by atoms with Gasteiger partial charge in [0.2, 0.25) is 5.79 Å². The van der Waals surface area contributed by atoms with Crippen molar-refractivity contribution in [2.75, 3.05) is 72.7 Å². The zero-order chi connectivity index (χ0) is 56.6. The number of hydrogen-bond donors (Lipinski definition) is 2. The summed E-state index contributed by atoms with van der Waals surface area (Å²) in [5.74, 6) is -1.88. The molecule has 10 nitrogen and oxygen atoms in total. The summed E-state index contributed by atoms with van der Waals surface area (Å²) in [5, 5.41) is 23.0. The Morgan fingerprint density at radius 3 is 0.671 bits per heavy atom. The van der Waals surface area contributed by atoms with E-state index in [0.29, 0.717) is 0 Å². The van der Waals surface area contributed by atoms with Crippen LogP contribution in [0, 0.1) is 0 Å². The molecule has 0 heterocycles. The molecule has 9 rings (SSSR count). The summed E-state index contributed by atoms with van der Waals surface area (Å²) in [6.07, 6.45) is -2.49. The van der Waals surface area contributed by atoms with Crippen molar-refractivity contribution in [2.45, 2.75) is 41.7 Å². The molecule has 9 aromatic carbocycles. The van der Waals surface area contributed by atoms with E-state index in [1.54, 1.807) is 6.92 Å². The van der Waals surface area contributed by atoms with Crippen molar-refractivity contribution in [3.05, 3.63) is 323 Å². The van der Waals surface area contributed by atoms with Gasteiger partial charge < -0.3 is 48.1 Å². The molecule has 9 aromatic rings. The van der Waals surface area contributed by atoms with Crippen LogP contribution in [-0.4, -0.2) is 101 Å². The molecule has 0 saturated carbocycles. The lowest BCUT2D eigenvalue weighted by atomic mass is 9.80. The molecular formula is C72H74O10. The second-order valence-electron chi connectivity index (χ2n) is 19.7. The molecule has 0 fully saturated rings. The minimum absolute atomic E-state index is 0.000328. The lowest BCUT2D eigenvalue weighted by Gasteiger charge is -2.41. The first kappa shape index (κ1) is 59.2. The minimum Gasteiger partial charge on any atom is -0.393 e. The molecular weight excluding hydrogens is 1020 g/mol. The van der Waals surface area contributed by atoms with Gasteiger partial charge in [-0.15, -0.1) is 0 Å². The third-order valence-electron chi connectivity index (χ3n) is 14.7. The number of aliphatic hydroxyl groups is 2. The van der Waals surface area contributed by atoms with E-state index in [2.05, 4.69) is 109 Å². The number of ether oxygens (including phenoxy) is 8. The van der Waals surface area contributed by atoms with Crippen LogP contribution in [0.3, 0.4) is 0 Å². The molecule has 0 aliphatic carbocycles. The summed E-state index contributed by atoms with van der Waals surface area (Å²) < 4.78 is 53.1. The first-order valence-corrected chi connectivity index (χ1v) is 28.2. The van der Waals surface area contributed by atoms with Crippen LogP contribution in [0.25, 0.3) is 0 Å². The lowest BCUT2D eigenvalue weighted by molar-refractivity contribution is -0.335. The van der Waals surface area contributed by atoms with Gasteiger partial charge in [-0.05, 0) is 57.0 Å². The van der Waals surface area contributed by atoms with Gasteiger partial charge in [-0.3, -0.25) is 0 Å². The highest BCUT2D eigenvalue weighted by Gasteiger charge is 2.47. The van der Waals surface area contributed by atoms with Crippen molar-refractivity contribution in [3.8, 4) is 0 Å². The average molecular weight is 1100 g/mol. The summed E-state index contributed by atoms with van der Waals surface area (Å²) in [4.78, 5) is 0. The van der Waals surface area contributed by atoms with Gasteiger partial charge in [0.05, 0.1) is 72.7 Å². The summed E-state index contributed by atoms with van der Waals surface area (Å²) in [6, 6.07) is 91.4. The Labute approximate surface area is 483 Å². The number of benzene rings is 9. The maximum absolute atomic E-state index is 11.8. The van der Waals surface area contributed by atoms with Crippen molar-refractivity contribution in [2.24, 2.45) is 0 Å². The zero-order valence-corrected chi connectivity index (χ0v) is 46.6. The molecule has 10 heteroatoms. The van der Waals surface area contributed by atoms with Gasteiger partial charge in [0.25, 0.3) is 0 Å². The molecule has 2 unspecified atom stereocenters. The van der Waals surface area contributed by atoms with Gasteiger partial charge in [-0.1, -0.05) is 273 Å². The summed E-state index contributed by atoms with van der Waals surface area (Å²) in [7, 11) is 0. The molecule has 2 N–H and O–H groups in total. The van der Waals surface area contributed by atoms with Crippen LogP contribution in [0.5, 0.6) is 0 Å². The SMILES string of the molecule is CC(O)C(OCCOCCOC(c1ccccc1)(c1ccccc1)c1ccccc1)(OCCOCCOC(c1ccccc1)(c1ccccc1)c1ccccc1)C(CO)OCCOC(c1ccccc1)(c1ccccc1)c1ccccc1. The van der Waals surface area contributed by atoms with Crippen LogP contribution in [0.4, 0.5) is 0 Å². The zero-order valence-electron chi connectivity index (χ0n) is 46.6. The average Bonchev–Trinajstić information content (AvgIpc) is 3.72. The van der Waals surface area contributed by atoms with Gasteiger partial charge in [0.15, 0.2) is 0 Å². The Bertz CT molecular complexity index is 2730. The van der Waals surface area contributed by atoms with Crippen molar-refractivity contribution in [3.63, 3.8) is 0 Å². The molecule has 0 saturated heterocycles. The Hall–Kier alpha value is -7.42.